The lowest BCUT2D eigenvalue weighted by Crippen LogP contribution is -2.24. The highest BCUT2D eigenvalue weighted by Gasteiger charge is 2.32. The topological polar surface area (TPSA) is 34.1 Å². The Morgan fingerprint density at radius 2 is 0.500 bits per heavy atom. The average molecular weight is 777 g/mol. The molecule has 0 fully saturated rings. The molecule has 4 heteroatoms. The van der Waals surface area contributed by atoms with Gasteiger partial charge in [-0.05, 0) is 99.7 Å². The van der Waals surface area contributed by atoms with Crippen molar-refractivity contribution >= 4 is 122 Å². The highest BCUT2D eigenvalue weighted by atomic mass is 31.2. The van der Waals surface area contributed by atoms with Gasteiger partial charge in [0.25, 0.3) is 0 Å². The molecule has 0 aliphatic carbocycles. The minimum absolute atomic E-state index is 0.834. The molecule has 2 nitrogen and oxygen atoms in total. The first-order valence-electron chi connectivity index (χ1n) is 19.7. The van der Waals surface area contributed by atoms with Gasteiger partial charge in [0.15, 0.2) is 14.3 Å². The van der Waals surface area contributed by atoms with Gasteiger partial charge in [0.05, 0.1) is 0 Å². The summed E-state index contributed by atoms with van der Waals surface area (Å²) in [5, 5.41) is 21.7. The Morgan fingerprint density at radius 3 is 0.810 bits per heavy atom. The van der Waals surface area contributed by atoms with Gasteiger partial charge in [-0.15, -0.1) is 0 Å². The van der Waals surface area contributed by atoms with Crippen LogP contribution < -0.4 is 31.8 Å². The third-order valence-corrected chi connectivity index (χ3v) is 18.6. The fourth-order valence-electron chi connectivity index (χ4n) is 9.86. The molecule has 0 saturated carbocycles. The second-order valence-electron chi connectivity index (χ2n) is 15.4. The lowest BCUT2D eigenvalue weighted by Gasteiger charge is -2.20. The fourth-order valence-corrected chi connectivity index (χ4v) is 15.2. The molecular formula is C54H34O2P2. The number of rotatable bonds is 6. The van der Waals surface area contributed by atoms with E-state index in [1.165, 1.54) is 64.6 Å². The van der Waals surface area contributed by atoms with E-state index in [0.29, 0.717) is 0 Å². The maximum Gasteiger partial charge on any atom is 0.171 e. The largest absolute Gasteiger partial charge is 0.309 e. The van der Waals surface area contributed by atoms with Crippen LogP contribution in [0.1, 0.15) is 0 Å². The van der Waals surface area contributed by atoms with Crippen LogP contribution in [0.5, 0.6) is 0 Å². The quantitative estimate of drug-likeness (QED) is 0.124. The Kier molecular flexibility index (Phi) is 7.22. The first-order valence-corrected chi connectivity index (χ1v) is 23.1. The minimum atomic E-state index is -3.16. The molecule has 0 spiro atoms. The van der Waals surface area contributed by atoms with Crippen LogP contribution in [0.3, 0.4) is 0 Å². The van der Waals surface area contributed by atoms with Crippen LogP contribution in [0.4, 0.5) is 0 Å². The summed E-state index contributed by atoms with van der Waals surface area (Å²) in [7, 11) is -6.32. The van der Waals surface area contributed by atoms with E-state index in [0.717, 1.165) is 42.6 Å². The summed E-state index contributed by atoms with van der Waals surface area (Å²) in [5.41, 5.74) is 0. The van der Waals surface area contributed by atoms with Gasteiger partial charge < -0.3 is 9.13 Å². The van der Waals surface area contributed by atoms with Crippen LogP contribution in [-0.4, -0.2) is 0 Å². The third-order valence-electron chi connectivity index (χ3n) is 12.5. The van der Waals surface area contributed by atoms with E-state index in [4.69, 9.17) is 0 Å². The molecule has 12 rings (SSSR count). The van der Waals surface area contributed by atoms with E-state index in [9.17, 15) is 0 Å². The van der Waals surface area contributed by atoms with Gasteiger partial charge >= 0.3 is 0 Å². The summed E-state index contributed by atoms with van der Waals surface area (Å²) in [4.78, 5) is 0. The molecule has 0 bridgehead atoms. The van der Waals surface area contributed by atoms with E-state index < -0.39 is 14.3 Å². The first-order chi connectivity index (χ1) is 28.5. The van der Waals surface area contributed by atoms with Gasteiger partial charge in [-0.1, -0.05) is 182 Å². The van der Waals surface area contributed by atoms with Gasteiger partial charge in [0.1, 0.15) is 0 Å². The molecule has 0 aliphatic heterocycles. The zero-order chi connectivity index (χ0) is 38.6. The summed E-state index contributed by atoms with van der Waals surface area (Å²) in [6, 6.07) is 70.7. The number of hydrogen-bond donors (Lipinski definition) is 0. The molecule has 0 aromatic heterocycles. The van der Waals surface area contributed by atoms with Crippen LogP contribution in [0, 0.1) is 0 Å². The molecule has 0 atom stereocenters. The Hall–Kier alpha value is -6.56. The van der Waals surface area contributed by atoms with E-state index in [1.807, 2.05) is 121 Å². The van der Waals surface area contributed by atoms with Crippen LogP contribution in [-0.2, 0) is 9.13 Å². The molecule has 0 amide bonds. The zero-order valence-electron chi connectivity index (χ0n) is 31.3. The molecule has 272 valence electrons. The predicted molar refractivity (Wildman–Crippen MR) is 250 cm³/mol. The molecule has 12 aromatic carbocycles. The molecule has 0 heterocycles. The predicted octanol–water partition coefficient (Wildman–Crippen LogP) is 11.9. The highest BCUT2D eigenvalue weighted by molar-refractivity contribution is 7.85. The van der Waals surface area contributed by atoms with E-state index >= 15 is 9.13 Å². The molecule has 12 aromatic rings. The zero-order valence-corrected chi connectivity index (χ0v) is 33.1. The van der Waals surface area contributed by atoms with E-state index in [1.54, 1.807) is 0 Å². The second-order valence-corrected chi connectivity index (χ2v) is 21.0. The normalized spacial score (nSPS) is 12.6. The summed E-state index contributed by atoms with van der Waals surface area (Å²) in [5.74, 6) is 0. The third kappa shape index (κ3) is 4.56. The molecule has 0 radical (unpaired) electrons. The van der Waals surface area contributed by atoms with Crippen molar-refractivity contribution in [2.24, 2.45) is 0 Å². The van der Waals surface area contributed by atoms with Crippen molar-refractivity contribution in [3.63, 3.8) is 0 Å². The number of benzene rings is 10. The van der Waals surface area contributed by atoms with Crippen LogP contribution in [0.15, 0.2) is 206 Å². The minimum Gasteiger partial charge on any atom is -0.309 e. The lowest BCUT2D eigenvalue weighted by molar-refractivity contribution is 0.591. The lowest BCUT2D eigenvalue weighted by atomic mass is 9.93. The van der Waals surface area contributed by atoms with Crippen LogP contribution in [0.25, 0.3) is 75.4 Å². The standard InChI is InChI=1S/C54H34O2P2/c55-57(35-15-5-1-6-16-35,36-17-7-2-8-18-36)39-27-29-41-47(31-39)43-23-13-25-45-50-34-52-42-30-28-40(58(56,37-19-9-3-10-20-37)38-21-11-4-12-22-38)32-48(42)44-24-14-26-46(54(44)52)49(50)33-51(41)53(43)45/h1-34H. The van der Waals surface area contributed by atoms with Crippen molar-refractivity contribution in [2.45, 2.75) is 0 Å². The van der Waals surface area contributed by atoms with E-state index in [2.05, 4.69) is 84.9 Å². The number of hydrogen-bond acceptors (Lipinski definition) is 2. The Bertz CT molecular complexity index is 3330. The summed E-state index contributed by atoms with van der Waals surface area (Å²) in [6.07, 6.45) is 0. The Morgan fingerprint density at radius 1 is 0.207 bits per heavy atom. The molecule has 0 aliphatic rings. The molecule has 0 saturated heterocycles. The van der Waals surface area contributed by atoms with Gasteiger partial charge in [-0.25, -0.2) is 0 Å². The molecule has 0 unspecified atom stereocenters. The van der Waals surface area contributed by atoms with Crippen molar-refractivity contribution < 1.29 is 9.13 Å². The monoisotopic (exact) mass is 776 g/mol. The van der Waals surface area contributed by atoms with Crippen molar-refractivity contribution in [1.82, 2.24) is 0 Å². The SMILES string of the molecule is O=P(c1ccccc1)(c1ccccc1)c1ccc2c(c1)c1cccc3c4cc5c6ccc(P(=O)(c7ccccc7)c7ccccc7)cc6c6cccc(c4cc2c13)c65. The molecular weight excluding hydrogens is 743 g/mol. The molecule has 0 N–H and O–H groups in total. The van der Waals surface area contributed by atoms with Crippen molar-refractivity contribution in [2.75, 3.05) is 0 Å². The van der Waals surface area contributed by atoms with Gasteiger partial charge in [0.2, 0.25) is 0 Å². The van der Waals surface area contributed by atoms with Crippen molar-refractivity contribution in [3.8, 4) is 0 Å². The highest BCUT2D eigenvalue weighted by Crippen LogP contribution is 2.50. The van der Waals surface area contributed by atoms with Gasteiger partial charge in [-0.3, -0.25) is 0 Å². The summed E-state index contributed by atoms with van der Waals surface area (Å²) >= 11 is 0. The smallest absolute Gasteiger partial charge is 0.171 e. The second kappa shape index (κ2) is 12.5. The first kappa shape index (κ1) is 33.6. The number of fused-ring (bicyclic) bond motifs is 9. The fraction of sp³-hybridized carbons (Fsp3) is 0. The Balaban J connectivity index is 1.11. The van der Waals surface area contributed by atoms with E-state index in [-0.39, 0.29) is 0 Å². The maximum atomic E-state index is 15.5. The maximum absolute atomic E-state index is 15.5. The summed E-state index contributed by atoms with van der Waals surface area (Å²) in [6.45, 7) is 0. The van der Waals surface area contributed by atoms with Gasteiger partial charge in [-0.2, -0.15) is 0 Å². The van der Waals surface area contributed by atoms with Gasteiger partial charge in [0, 0.05) is 31.8 Å². The van der Waals surface area contributed by atoms with Crippen LogP contribution >= 0.6 is 14.3 Å². The molecule has 58 heavy (non-hydrogen) atoms. The summed E-state index contributed by atoms with van der Waals surface area (Å²) < 4.78 is 30.9. The average Bonchev–Trinajstić information content (AvgIpc) is 3.80. The Labute approximate surface area is 335 Å². The van der Waals surface area contributed by atoms with Crippen molar-refractivity contribution in [1.29, 1.82) is 0 Å². The van der Waals surface area contributed by atoms with Crippen molar-refractivity contribution in [3.05, 3.63) is 206 Å². The van der Waals surface area contributed by atoms with Crippen LogP contribution in [0.2, 0.25) is 0 Å².